The second-order valence-corrected chi connectivity index (χ2v) is 5.80. The lowest BCUT2D eigenvalue weighted by Gasteiger charge is -2.25. The van der Waals surface area contributed by atoms with Crippen molar-refractivity contribution in [3.05, 3.63) is 34.9 Å². The highest BCUT2D eigenvalue weighted by Crippen LogP contribution is 2.30. The Hall–Kier alpha value is -1.30. The van der Waals surface area contributed by atoms with E-state index >= 15 is 0 Å². The van der Waals surface area contributed by atoms with E-state index in [1.807, 2.05) is 0 Å². The summed E-state index contributed by atoms with van der Waals surface area (Å²) in [7, 11) is 0. The molecule has 1 heterocycles. The zero-order chi connectivity index (χ0) is 13.1. The largest absolute Gasteiger partial charge is 0.312 e. The van der Waals surface area contributed by atoms with Crippen molar-refractivity contribution in [3.8, 4) is 12.3 Å². The fourth-order valence-electron chi connectivity index (χ4n) is 2.98. The summed E-state index contributed by atoms with van der Waals surface area (Å²) >= 11 is 0. The molecule has 1 aliphatic heterocycles. The van der Waals surface area contributed by atoms with Crippen LogP contribution >= 0.6 is 0 Å². The number of terminal acetylenes is 1. The molecule has 0 bridgehead atoms. The Morgan fingerprint density at radius 1 is 1.37 bits per heavy atom. The van der Waals surface area contributed by atoms with Crippen LogP contribution in [0.4, 0.5) is 0 Å². The van der Waals surface area contributed by atoms with Gasteiger partial charge in [0.2, 0.25) is 0 Å². The summed E-state index contributed by atoms with van der Waals surface area (Å²) in [6.07, 6.45) is 9.44. The van der Waals surface area contributed by atoms with Crippen LogP contribution in [0.1, 0.15) is 29.5 Å². The predicted octanol–water partition coefficient (Wildman–Crippen LogP) is 2.18. The lowest BCUT2D eigenvalue weighted by atomic mass is 9.95. The van der Waals surface area contributed by atoms with Gasteiger partial charge in [-0.3, -0.25) is 4.90 Å². The van der Waals surface area contributed by atoms with E-state index in [1.165, 1.54) is 30.5 Å². The fourth-order valence-corrected chi connectivity index (χ4v) is 2.98. The summed E-state index contributed by atoms with van der Waals surface area (Å²) in [6, 6.07) is 6.71. The van der Waals surface area contributed by atoms with E-state index in [1.54, 1.807) is 5.56 Å². The van der Waals surface area contributed by atoms with Gasteiger partial charge in [0.25, 0.3) is 0 Å². The number of hydrogen-bond donors (Lipinski definition) is 1. The van der Waals surface area contributed by atoms with Crippen LogP contribution in [-0.2, 0) is 19.5 Å². The number of benzene rings is 1. The van der Waals surface area contributed by atoms with Crippen LogP contribution in [0.2, 0.25) is 0 Å². The third-order valence-corrected chi connectivity index (χ3v) is 4.16. The normalized spacial score (nSPS) is 18.1. The number of rotatable bonds is 5. The predicted molar refractivity (Wildman–Crippen MR) is 78.7 cm³/mol. The van der Waals surface area contributed by atoms with Crippen molar-refractivity contribution in [3.63, 3.8) is 0 Å². The maximum Gasteiger partial charge on any atom is 0.0601 e. The van der Waals surface area contributed by atoms with Crippen molar-refractivity contribution in [2.45, 2.75) is 32.4 Å². The molecular formula is C17H22N2. The molecule has 1 N–H and O–H groups in total. The quantitative estimate of drug-likeness (QED) is 0.810. The van der Waals surface area contributed by atoms with Gasteiger partial charge in [0.15, 0.2) is 0 Å². The highest BCUT2D eigenvalue weighted by molar-refractivity contribution is 5.37. The van der Waals surface area contributed by atoms with Crippen LogP contribution in [0.15, 0.2) is 18.2 Å². The van der Waals surface area contributed by atoms with Gasteiger partial charge in [-0.1, -0.05) is 24.1 Å². The average Bonchev–Trinajstić information content (AvgIpc) is 3.23. The Morgan fingerprint density at radius 2 is 2.26 bits per heavy atom. The smallest absolute Gasteiger partial charge is 0.0601 e. The molecule has 100 valence electrons. The molecule has 0 radical (unpaired) electrons. The molecule has 1 saturated carbocycles. The van der Waals surface area contributed by atoms with Gasteiger partial charge in [-0.05, 0) is 48.4 Å². The minimum atomic E-state index is 0.776. The van der Waals surface area contributed by atoms with E-state index in [0.717, 1.165) is 38.5 Å². The third-order valence-electron chi connectivity index (χ3n) is 4.16. The van der Waals surface area contributed by atoms with E-state index in [4.69, 9.17) is 6.42 Å². The summed E-state index contributed by atoms with van der Waals surface area (Å²) in [5, 5.41) is 3.44. The molecular weight excluding hydrogens is 232 g/mol. The van der Waals surface area contributed by atoms with Crippen molar-refractivity contribution in [1.82, 2.24) is 10.2 Å². The van der Waals surface area contributed by atoms with Crippen LogP contribution in [0.25, 0.3) is 0 Å². The standard InChI is InChI=1S/C17H22N2/c1-2-10-19(12-14-6-7-14)13-16-5-3-4-15-11-18-9-8-17(15)16/h1,3-5,14,18H,6-13H2. The monoisotopic (exact) mass is 254 g/mol. The maximum absolute atomic E-state index is 5.52. The third kappa shape index (κ3) is 3.18. The number of fused-ring (bicyclic) bond motifs is 1. The molecule has 1 aromatic rings. The van der Waals surface area contributed by atoms with E-state index in [0.29, 0.717) is 0 Å². The number of nitrogens with one attached hydrogen (secondary N) is 1. The van der Waals surface area contributed by atoms with E-state index in [9.17, 15) is 0 Å². The Morgan fingerprint density at radius 3 is 3.05 bits per heavy atom. The molecule has 1 aromatic carbocycles. The molecule has 1 aliphatic carbocycles. The fraction of sp³-hybridized carbons (Fsp3) is 0.529. The van der Waals surface area contributed by atoms with Crippen LogP contribution in [-0.4, -0.2) is 24.5 Å². The van der Waals surface area contributed by atoms with Crippen molar-refractivity contribution in [1.29, 1.82) is 0 Å². The molecule has 2 aliphatic rings. The van der Waals surface area contributed by atoms with Gasteiger partial charge < -0.3 is 5.32 Å². The van der Waals surface area contributed by atoms with Gasteiger partial charge in [0.05, 0.1) is 6.54 Å². The summed E-state index contributed by atoms with van der Waals surface area (Å²) in [4.78, 5) is 2.44. The van der Waals surface area contributed by atoms with Crippen LogP contribution in [0.5, 0.6) is 0 Å². The van der Waals surface area contributed by atoms with Crippen molar-refractivity contribution in [2.24, 2.45) is 5.92 Å². The van der Waals surface area contributed by atoms with Gasteiger partial charge >= 0.3 is 0 Å². The van der Waals surface area contributed by atoms with Gasteiger partial charge in [-0.25, -0.2) is 0 Å². The first-order valence-corrected chi connectivity index (χ1v) is 7.33. The van der Waals surface area contributed by atoms with Crippen LogP contribution < -0.4 is 5.32 Å². The molecule has 2 heteroatoms. The highest BCUT2D eigenvalue weighted by atomic mass is 15.1. The molecule has 0 spiro atoms. The molecule has 0 amide bonds. The highest BCUT2D eigenvalue weighted by Gasteiger charge is 2.24. The van der Waals surface area contributed by atoms with E-state index in [2.05, 4.69) is 34.3 Å². The zero-order valence-electron chi connectivity index (χ0n) is 11.5. The van der Waals surface area contributed by atoms with Gasteiger partial charge in [0, 0.05) is 19.6 Å². The molecule has 3 rings (SSSR count). The Balaban J connectivity index is 1.75. The zero-order valence-corrected chi connectivity index (χ0v) is 11.5. The average molecular weight is 254 g/mol. The lowest BCUT2D eigenvalue weighted by molar-refractivity contribution is 0.285. The second kappa shape index (κ2) is 5.77. The van der Waals surface area contributed by atoms with Crippen molar-refractivity contribution >= 4 is 0 Å². The Kier molecular flexibility index (Phi) is 3.87. The van der Waals surface area contributed by atoms with E-state index < -0.39 is 0 Å². The molecule has 0 aromatic heterocycles. The number of nitrogens with zero attached hydrogens (tertiary/aromatic N) is 1. The molecule has 2 nitrogen and oxygen atoms in total. The minimum Gasteiger partial charge on any atom is -0.312 e. The van der Waals surface area contributed by atoms with Crippen molar-refractivity contribution < 1.29 is 0 Å². The second-order valence-electron chi connectivity index (χ2n) is 5.80. The van der Waals surface area contributed by atoms with Crippen LogP contribution in [0.3, 0.4) is 0 Å². The van der Waals surface area contributed by atoms with Gasteiger partial charge in [-0.2, -0.15) is 0 Å². The minimum absolute atomic E-state index is 0.776. The number of hydrogen-bond acceptors (Lipinski definition) is 2. The van der Waals surface area contributed by atoms with Crippen molar-refractivity contribution in [2.75, 3.05) is 19.6 Å². The lowest BCUT2D eigenvalue weighted by Crippen LogP contribution is -2.29. The van der Waals surface area contributed by atoms with E-state index in [-0.39, 0.29) is 0 Å². The summed E-state index contributed by atoms with van der Waals surface area (Å²) in [5.41, 5.74) is 4.50. The Labute approximate surface area is 116 Å². The topological polar surface area (TPSA) is 15.3 Å². The summed E-state index contributed by atoms with van der Waals surface area (Å²) < 4.78 is 0. The SMILES string of the molecule is C#CCN(Cc1cccc2c1CCNC2)CC1CC1. The molecule has 0 atom stereocenters. The van der Waals surface area contributed by atoms with Gasteiger partial charge in [0.1, 0.15) is 0 Å². The molecule has 0 saturated heterocycles. The van der Waals surface area contributed by atoms with Gasteiger partial charge in [-0.15, -0.1) is 6.42 Å². The van der Waals surface area contributed by atoms with Crippen LogP contribution in [0, 0.1) is 18.3 Å². The summed E-state index contributed by atoms with van der Waals surface area (Å²) in [6.45, 7) is 5.08. The first kappa shape index (κ1) is 12.7. The Bertz CT molecular complexity index is 483. The molecule has 1 fully saturated rings. The maximum atomic E-state index is 5.52. The molecule has 0 unspecified atom stereocenters. The first-order valence-electron chi connectivity index (χ1n) is 7.33. The molecule has 19 heavy (non-hydrogen) atoms. The first-order chi connectivity index (χ1) is 9.36. The summed E-state index contributed by atoms with van der Waals surface area (Å²) in [5.74, 6) is 3.71.